The first kappa shape index (κ1) is 25.0. The molecule has 0 radical (unpaired) electrons. The number of hydrogen-bond acceptors (Lipinski definition) is 6. The SMILES string of the molecule is COc1ccc(COCc2cc(C(OC(=O)C3(C)CC3)c3ccc4c(nnn4C)c3C)ccc2C)cc1. The van der Waals surface area contributed by atoms with Crippen molar-refractivity contribution < 1.29 is 19.0 Å². The Hall–Kier alpha value is -3.71. The molecule has 1 aliphatic rings. The summed E-state index contributed by atoms with van der Waals surface area (Å²) in [4.78, 5) is 13.1. The standard InChI is InChI=1S/C30H33N3O4/c1-19-6-9-22(16-23(19)18-36-17-21-7-10-24(35-5)11-8-21)28(37-29(34)30(3)14-15-30)25-12-13-26-27(20(25)2)31-32-33(26)4/h6-13,16,28H,14-15,17-18H2,1-5H3. The van der Waals surface area contributed by atoms with Crippen LogP contribution >= 0.6 is 0 Å². The number of hydrogen-bond donors (Lipinski definition) is 0. The third kappa shape index (κ3) is 5.09. The molecule has 1 fully saturated rings. The number of aromatic nitrogens is 3. The maximum atomic E-state index is 13.1. The lowest BCUT2D eigenvalue weighted by Crippen LogP contribution is -2.20. The molecule has 0 N–H and O–H groups in total. The van der Waals surface area contributed by atoms with E-state index in [2.05, 4.69) is 29.4 Å². The van der Waals surface area contributed by atoms with E-state index < -0.39 is 11.5 Å². The predicted molar refractivity (Wildman–Crippen MR) is 141 cm³/mol. The number of ether oxygens (including phenoxy) is 3. The molecule has 1 aliphatic carbocycles. The zero-order valence-electron chi connectivity index (χ0n) is 22.1. The van der Waals surface area contributed by atoms with Gasteiger partial charge in [-0.05, 0) is 85.7 Å². The van der Waals surface area contributed by atoms with Gasteiger partial charge in [0.1, 0.15) is 11.3 Å². The monoisotopic (exact) mass is 499 g/mol. The van der Waals surface area contributed by atoms with E-state index in [4.69, 9.17) is 14.2 Å². The molecule has 1 saturated carbocycles. The number of nitrogens with zero attached hydrogens (tertiary/aromatic N) is 3. The lowest BCUT2D eigenvalue weighted by molar-refractivity contribution is -0.153. The molecule has 5 rings (SSSR count). The second kappa shape index (κ2) is 9.98. The number of rotatable bonds is 9. The van der Waals surface area contributed by atoms with E-state index in [0.717, 1.165) is 63.0 Å². The maximum Gasteiger partial charge on any atom is 0.312 e. The molecule has 0 amide bonds. The highest BCUT2D eigenvalue weighted by Gasteiger charge is 2.47. The highest BCUT2D eigenvalue weighted by atomic mass is 16.5. The lowest BCUT2D eigenvalue weighted by Gasteiger charge is -2.23. The van der Waals surface area contributed by atoms with Crippen LogP contribution in [-0.2, 0) is 34.5 Å². The Morgan fingerprint density at radius 3 is 2.51 bits per heavy atom. The third-order valence-corrected chi connectivity index (χ3v) is 7.44. The summed E-state index contributed by atoms with van der Waals surface area (Å²) in [5.41, 5.74) is 7.41. The van der Waals surface area contributed by atoms with Crippen molar-refractivity contribution >= 4 is 17.0 Å². The molecule has 37 heavy (non-hydrogen) atoms. The first-order valence-corrected chi connectivity index (χ1v) is 12.6. The Morgan fingerprint density at radius 1 is 1.05 bits per heavy atom. The number of carbonyl (C=O) groups excluding carboxylic acids is 1. The largest absolute Gasteiger partial charge is 0.497 e. The van der Waals surface area contributed by atoms with Crippen LogP contribution in [0.5, 0.6) is 5.75 Å². The molecule has 0 aliphatic heterocycles. The van der Waals surface area contributed by atoms with Crippen molar-refractivity contribution in [2.24, 2.45) is 12.5 Å². The van der Waals surface area contributed by atoms with E-state index in [1.165, 1.54) is 0 Å². The van der Waals surface area contributed by atoms with Crippen LogP contribution in [0.2, 0.25) is 0 Å². The fourth-order valence-electron chi connectivity index (χ4n) is 4.50. The molecule has 0 spiro atoms. The highest BCUT2D eigenvalue weighted by molar-refractivity contribution is 5.81. The summed E-state index contributed by atoms with van der Waals surface area (Å²) in [6.07, 6.45) is 1.18. The van der Waals surface area contributed by atoms with Crippen molar-refractivity contribution in [2.45, 2.75) is 52.9 Å². The number of esters is 1. The van der Waals surface area contributed by atoms with E-state index >= 15 is 0 Å². The number of carbonyl (C=O) groups is 1. The predicted octanol–water partition coefficient (Wildman–Crippen LogP) is 5.74. The number of benzene rings is 3. The van der Waals surface area contributed by atoms with Gasteiger partial charge >= 0.3 is 5.97 Å². The molecule has 1 aromatic heterocycles. The summed E-state index contributed by atoms with van der Waals surface area (Å²) in [6.45, 7) is 7.00. The molecular formula is C30H33N3O4. The van der Waals surface area contributed by atoms with Crippen molar-refractivity contribution in [3.05, 3.63) is 88.0 Å². The molecule has 3 aromatic carbocycles. The van der Waals surface area contributed by atoms with Crippen LogP contribution in [0.4, 0.5) is 0 Å². The zero-order chi connectivity index (χ0) is 26.2. The minimum Gasteiger partial charge on any atom is -0.497 e. The summed E-state index contributed by atoms with van der Waals surface area (Å²) in [5, 5.41) is 8.52. The van der Waals surface area contributed by atoms with Crippen LogP contribution in [0, 0.1) is 19.3 Å². The second-order valence-corrected chi connectivity index (χ2v) is 10.2. The Labute approximate surface area is 217 Å². The van der Waals surface area contributed by atoms with Crippen LogP contribution in [0.25, 0.3) is 11.0 Å². The van der Waals surface area contributed by atoms with Crippen molar-refractivity contribution in [3.63, 3.8) is 0 Å². The molecule has 4 aromatic rings. The average Bonchev–Trinajstić information content (AvgIpc) is 3.55. The lowest BCUT2D eigenvalue weighted by atomic mass is 9.93. The van der Waals surface area contributed by atoms with E-state index in [-0.39, 0.29) is 5.97 Å². The Bertz CT molecular complexity index is 1440. The topological polar surface area (TPSA) is 75.5 Å². The quantitative estimate of drug-likeness (QED) is 0.273. The van der Waals surface area contributed by atoms with Gasteiger partial charge in [-0.3, -0.25) is 4.79 Å². The minimum absolute atomic E-state index is 0.158. The third-order valence-electron chi connectivity index (χ3n) is 7.44. The van der Waals surface area contributed by atoms with Crippen LogP contribution in [-0.4, -0.2) is 28.1 Å². The minimum atomic E-state index is -0.544. The van der Waals surface area contributed by atoms with Gasteiger partial charge in [-0.2, -0.15) is 0 Å². The smallest absolute Gasteiger partial charge is 0.312 e. The fraction of sp³-hybridized carbons (Fsp3) is 0.367. The molecule has 0 saturated heterocycles. The Balaban J connectivity index is 1.43. The number of methoxy groups -OCH3 is 1. The van der Waals surface area contributed by atoms with Gasteiger partial charge < -0.3 is 14.2 Å². The van der Waals surface area contributed by atoms with Gasteiger partial charge in [0.2, 0.25) is 0 Å². The van der Waals surface area contributed by atoms with Crippen LogP contribution in [0.1, 0.15) is 59.3 Å². The zero-order valence-corrected chi connectivity index (χ0v) is 22.1. The molecule has 7 nitrogen and oxygen atoms in total. The molecular weight excluding hydrogens is 466 g/mol. The van der Waals surface area contributed by atoms with E-state index in [1.807, 2.05) is 63.4 Å². The normalized spacial score (nSPS) is 14.9. The van der Waals surface area contributed by atoms with Gasteiger partial charge in [-0.25, -0.2) is 4.68 Å². The first-order chi connectivity index (χ1) is 17.8. The van der Waals surface area contributed by atoms with Gasteiger partial charge in [0.15, 0.2) is 6.10 Å². The van der Waals surface area contributed by atoms with Gasteiger partial charge in [-0.15, -0.1) is 5.10 Å². The number of fused-ring (bicyclic) bond motifs is 1. The maximum absolute atomic E-state index is 13.1. The second-order valence-electron chi connectivity index (χ2n) is 10.2. The summed E-state index contributed by atoms with van der Waals surface area (Å²) in [7, 11) is 3.53. The highest BCUT2D eigenvalue weighted by Crippen LogP contribution is 2.47. The number of aryl methyl sites for hydroxylation is 3. The molecule has 192 valence electrons. The van der Waals surface area contributed by atoms with Gasteiger partial charge in [0.25, 0.3) is 0 Å². The van der Waals surface area contributed by atoms with Crippen molar-refractivity contribution in [3.8, 4) is 5.75 Å². The van der Waals surface area contributed by atoms with Crippen LogP contribution in [0.15, 0.2) is 54.6 Å². The van der Waals surface area contributed by atoms with Gasteiger partial charge in [0.05, 0.1) is 31.3 Å². The fourth-order valence-corrected chi connectivity index (χ4v) is 4.50. The Kier molecular flexibility index (Phi) is 6.73. The molecule has 1 atom stereocenters. The first-order valence-electron chi connectivity index (χ1n) is 12.6. The van der Waals surface area contributed by atoms with E-state index in [1.54, 1.807) is 11.8 Å². The van der Waals surface area contributed by atoms with E-state index in [0.29, 0.717) is 13.2 Å². The molecule has 1 heterocycles. The van der Waals surface area contributed by atoms with Crippen LogP contribution in [0.3, 0.4) is 0 Å². The van der Waals surface area contributed by atoms with Gasteiger partial charge in [-0.1, -0.05) is 35.5 Å². The summed E-state index contributed by atoms with van der Waals surface area (Å²) < 4.78 is 19.3. The summed E-state index contributed by atoms with van der Waals surface area (Å²) in [6, 6.07) is 18.1. The van der Waals surface area contributed by atoms with E-state index in [9.17, 15) is 4.79 Å². The van der Waals surface area contributed by atoms with Crippen molar-refractivity contribution in [1.82, 2.24) is 15.0 Å². The molecule has 7 heteroatoms. The van der Waals surface area contributed by atoms with Crippen molar-refractivity contribution in [2.75, 3.05) is 7.11 Å². The summed E-state index contributed by atoms with van der Waals surface area (Å²) >= 11 is 0. The molecule has 0 bridgehead atoms. The average molecular weight is 500 g/mol. The van der Waals surface area contributed by atoms with Gasteiger partial charge in [0, 0.05) is 12.6 Å². The Morgan fingerprint density at radius 2 is 1.81 bits per heavy atom. The van der Waals surface area contributed by atoms with Crippen LogP contribution < -0.4 is 4.74 Å². The van der Waals surface area contributed by atoms with Crippen molar-refractivity contribution in [1.29, 1.82) is 0 Å². The molecule has 1 unspecified atom stereocenters. The summed E-state index contributed by atoms with van der Waals surface area (Å²) in [5.74, 6) is 0.664.